The Morgan fingerprint density at radius 1 is 1.36 bits per heavy atom. The third-order valence-electron chi connectivity index (χ3n) is 2.53. The van der Waals surface area contributed by atoms with E-state index in [1.54, 1.807) is 0 Å². The van der Waals surface area contributed by atoms with Crippen molar-refractivity contribution < 1.29 is 5.11 Å². The lowest BCUT2D eigenvalue weighted by molar-refractivity contribution is 0.201. The number of aliphatic hydroxyl groups is 1. The highest BCUT2D eigenvalue weighted by atomic mass is 16.3. The van der Waals surface area contributed by atoms with Gasteiger partial charge in [-0.2, -0.15) is 0 Å². The van der Waals surface area contributed by atoms with Crippen LogP contribution >= 0.6 is 0 Å². The van der Waals surface area contributed by atoms with Crippen molar-refractivity contribution >= 4 is 5.69 Å². The molecule has 0 heterocycles. The molecule has 1 aromatic carbocycles. The number of likely N-dealkylation sites (N-methyl/N-ethyl adjacent to an activating group) is 1. The van der Waals surface area contributed by atoms with Gasteiger partial charge in [0.25, 0.3) is 0 Å². The van der Waals surface area contributed by atoms with Crippen LogP contribution in [0.4, 0.5) is 5.69 Å². The third-order valence-corrected chi connectivity index (χ3v) is 2.53. The van der Waals surface area contributed by atoms with Crippen molar-refractivity contribution in [2.24, 2.45) is 0 Å². The number of nitrogens with zero attached hydrogens (tertiary/aromatic N) is 1. The van der Waals surface area contributed by atoms with E-state index >= 15 is 0 Å². The van der Waals surface area contributed by atoms with Gasteiger partial charge in [-0.25, -0.2) is 0 Å². The number of hydrogen-bond donors (Lipinski definition) is 1. The highest BCUT2D eigenvalue weighted by Crippen LogP contribution is 2.21. The van der Waals surface area contributed by atoms with E-state index in [0.717, 1.165) is 0 Å². The molecule has 2 nitrogen and oxygen atoms in total. The maximum Gasteiger partial charge on any atom is 0.0686 e. The summed E-state index contributed by atoms with van der Waals surface area (Å²) >= 11 is 0. The van der Waals surface area contributed by atoms with Crippen LogP contribution in [0, 0.1) is 13.8 Å². The summed E-state index contributed by atoms with van der Waals surface area (Å²) in [5.74, 6) is 0. The number of aryl methyl sites for hydroxylation is 1. The fraction of sp³-hybridized carbons (Fsp3) is 0.500. The lowest BCUT2D eigenvalue weighted by Gasteiger charge is -2.23. The average Bonchev–Trinajstić information content (AvgIpc) is 2.08. The average molecular weight is 193 g/mol. The minimum absolute atomic E-state index is 0.292. The van der Waals surface area contributed by atoms with E-state index in [0.29, 0.717) is 6.54 Å². The molecule has 1 unspecified atom stereocenters. The van der Waals surface area contributed by atoms with Gasteiger partial charge in [0.1, 0.15) is 0 Å². The van der Waals surface area contributed by atoms with E-state index < -0.39 is 0 Å². The first-order chi connectivity index (χ1) is 6.52. The monoisotopic (exact) mass is 193 g/mol. The first kappa shape index (κ1) is 11.1. The summed E-state index contributed by atoms with van der Waals surface area (Å²) in [6, 6.07) is 6.25. The van der Waals surface area contributed by atoms with Gasteiger partial charge in [0.15, 0.2) is 0 Å². The maximum atomic E-state index is 9.30. The smallest absolute Gasteiger partial charge is 0.0686 e. The lowest BCUT2D eigenvalue weighted by Crippen LogP contribution is -2.27. The number of anilines is 1. The van der Waals surface area contributed by atoms with E-state index in [9.17, 15) is 5.11 Å². The molecule has 0 radical (unpaired) electrons. The SMILES string of the molecule is Cc1cccc(N(C)CC(C)O)c1C. The lowest BCUT2D eigenvalue weighted by atomic mass is 10.1. The molecule has 1 aromatic rings. The standard InChI is InChI=1S/C12H19NO/c1-9-6-5-7-12(11(9)3)13(4)8-10(2)14/h5-7,10,14H,8H2,1-4H3. The predicted octanol–water partition coefficient (Wildman–Crippen LogP) is 2.12. The molecular weight excluding hydrogens is 174 g/mol. The number of hydrogen-bond acceptors (Lipinski definition) is 2. The van der Waals surface area contributed by atoms with Crippen molar-refractivity contribution in [1.82, 2.24) is 0 Å². The molecule has 0 aromatic heterocycles. The molecule has 0 spiro atoms. The molecule has 0 bridgehead atoms. The zero-order valence-corrected chi connectivity index (χ0v) is 9.41. The van der Waals surface area contributed by atoms with Gasteiger partial charge in [-0.15, -0.1) is 0 Å². The molecule has 0 aliphatic carbocycles. The second-order valence-corrected chi connectivity index (χ2v) is 3.95. The van der Waals surface area contributed by atoms with Gasteiger partial charge in [-0.1, -0.05) is 12.1 Å². The molecule has 1 atom stereocenters. The molecule has 78 valence electrons. The molecule has 1 rings (SSSR count). The Labute approximate surface area is 86.2 Å². The summed E-state index contributed by atoms with van der Waals surface area (Å²) in [5.41, 5.74) is 3.78. The van der Waals surface area contributed by atoms with E-state index in [4.69, 9.17) is 0 Å². The minimum Gasteiger partial charge on any atom is -0.392 e. The van der Waals surface area contributed by atoms with Gasteiger partial charge in [0, 0.05) is 19.3 Å². The van der Waals surface area contributed by atoms with Crippen molar-refractivity contribution in [3.63, 3.8) is 0 Å². The van der Waals surface area contributed by atoms with Crippen molar-refractivity contribution in [3.8, 4) is 0 Å². The molecule has 0 aliphatic heterocycles. The van der Waals surface area contributed by atoms with Crippen LogP contribution in [0.2, 0.25) is 0 Å². The Hall–Kier alpha value is -1.02. The van der Waals surface area contributed by atoms with Crippen LogP contribution in [0.25, 0.3) is 0 Å². The van der Waals surface area contributed by atoms with Crippen molar-refractivity contribution in [3.05, 3.63) is 29.3 Å². The van der Waals surface area contributed by atoms with Crippen LogP contribution in [0.1, 0.15) is 18.1 Å². The summed E-state index contributed by atoms with van der Waals surface area (Å²) in [5, 5.41) is 9.30. The Morgan fingerprint density at radius 3 is 2.57 bits per heavy atom. The number of rotatable bonds is 3. The summed E-state index contributed by atoms with van der Waals surface area (Å²) in [6.07, 6.45) is -0.292. The van der Waals surface area contributed by atoms with E-state index in [2.05, 4.69) is 36.9 Å². The molecule has 0 saturated heterocycles. The van der Waals surface area contributed by atoms with E-state index in [1.165, 1.54) is 16.8 Å². The van der Waals surface area contributed by atoms with E-state index in [-0.39, 0.29) is 6.10 Å². The van der Waals surface area contributed by atoms with E-state index in [1.807, 2.05) is 14.0 Å². The molecule has 0 saturated carbocycles. The van der Waals surface area contributed by atoms with Crippen LogP contribution in [0.5, 0.6) is 0 Å². The quantitative estimate of drug-likeness (QED) is 0.795. The first-order valence-electron chi connectivity index (χ1n) is 4.97. The van der Waals surface area contributed by atoms with Crippen molar-refractivity contribution in [1.29, 1.82) is 0 Å². The van der Waals surface area contributed by atoms with Crippen molar-refractivity contribution in [2.45, 2.75) is 26.9 Å². The first-order valence-corrected chi connectivity index (χ1v) is 4.97. The maximum absolute atomic E-state index is 9.30. The molecule has 14 heavy (non-hydrogen) atoms. The summed E-state index contributed by atoms with van der Waals surface area (Å²) < 4.78 is 0. The molecule has 2 heteroatoms. The van der Waals surface area contributed by atoms with Gasteiger partial charge in [-0.05, 0) is 38.0 Å². The highest BCUT2D eigenvalue weighted by molar-refractivity contribution is 5.55. The summed E-state index contributed by atoms with van der Waals surface area (Å²) in [6.45, 7) is 6.70. The van der Waals surface area contributed by atoms with Gasteiger partial charge in [0.2, 0.25) is 0 Å². The van der Waals surface area contributed by atoms with Crippen LogP contribution in [-0.2, 0) is 0 Å². The third kappa shape index (κ3) is 2.48. The van der Waals surface area contributed by atoms with Gasteiger partial charge >= 0.3 is 0 Å². The van der Waals surface area contributed by atoms with Gasteiger partial charge < -0.3 is 10.0 Å². The fourth-order valence-electron chi connectivity index (χ4n) is 1.64. The largest absolute Gasteiger partial charge is 0.392 e. The zero-order valence-electron chi connectivity index (χ0n) is 9.41. The Bertz CT molecular complexity index is 307. The Morgan fingerprint density at radius 2 is 2.00 bits per heavy atom. The molecule has 0 aliphatic rings. The number of benzene rings is 1. The summed E-state index contributed by atoms with van der Waals surface area (Å²) in [4.78, 5) is 2.09. The Balaban J connectivity index is 2.89. The highest BCUT2D eigenvalue weighted by Gasteiger charge is 2.07. The number of aliphatic hydroxyl groups excluding tert-OH is 1. The normalized spacial score (nSPS) is 12.6. The Kier molecular flexibility index (Phi) is 3.53. The zero-order chi connectivity index (χ0) is 10.7. The van der Waals surface area contributed by atoms with Gasteiger partial charge in [-0.3, -0.25) is 0 Å². The topological polar surface area (TPSA) is 23.5 Å². The molecule has 0 fully saturated rings. The minimum atomic E-state index is -0.292. The van der Waals surface area contributed by atoms with Crippen LogP contribution < -0.4 is 4.90 Å². The van der Waals surface area contributed by atoms with Crippen molar-refractivity contribution in [2.75, 3.05) is 18.5 Å². The fourth-order valence-corrected chi connectivity index (χ4v) is 1.64. The predicted molar refractivity (Wildman–Crippen MR) is 60.9 cm³/mol. The molecule has 1 N–H and O–H groups in total. The molecular formula is C12H19NO. The van der Waals surface area contributed by atoms with Crippen LogP contribution in [0.15, 0.2) is 18.2 Å². The molecule has 0 amide bonds. The second kappa shape index (κ2) is 4.47. The van der Waals surface area contributed by atoms with Crippen LogP contribution in [0.3, 0.4) is 0 Å². The van der Waals surface area contributed by atoms with Gasteiger partial charge in [0.05, 0.1) is 6.10 Å². The van der Waals surface area contributed by atoms with Crippen LogP contribution in [-0.4, -0.2) is 24.8 Å². The summed E-state index contributed by atoms with van der Waals surface area (Å²) in [7, 11) is 2.01. The second-order valence-electron chi connectivity index (χ2n) is 3.95.